The van der Waals surface area contributed by atoms with Crippen LogP contribution in [-0.2, 0) is 0 Å². The monoisotopic (exact) mass is 490 g/mol. The van der Waals surface area contributed by atoms with Crippen molar-refractivity contribution in [2.24, 2.45) is 16.3 Å². The lowest BCUT2D eigenvalue weighted by Gasteiger charge is -2.41. The minimum absolute atomic E-state index is 0. The van der Waals surface area contributed by atoms with Gasteiger partial charge in [-0.25, -0.2) is 0 Å². The Hall–Kier alpha value is -0.250. The fourth-order valence-electron chi connectivity index (χ4n) is 3.91. The lowest BCUT2D eigenvalue weighted by molar-refractivity contribution is -0.148. The SMILES string of the molecule is CCC1(CNC(=NC)NCCC2CCN(CC(F)(F)F)CC2)CCC1.I. The number of piperidine rings is 1. The van der Waals surface area contributed by atoms with E-state index in [0.29, 0.717) is 24.4 Å². The Labute approximate surface area is 172 Å². The number of halogens is 4. The van der Waals surface area contributed by atoms with Gasteiger partial charge >= 0.3 is 6.18 Å². The largest absolute Gasteiger partial charge is 0.401 e. The highest BCUT2D eigenvalue weighted by Crippen LogP contribution is 2.42. The van der Waals surface area contributed by atoms with Gasteiger partial charge in [0.25, 0.3) is 0 Å². The highest BCUT2D eigenvalue weighted by atomic mass is 127. The zero-order valence-electron chi connectivity index (χ0n) is 16.0. The van der Waals surface area contributed by atoms with Crippen molar-refractivity contribution in [1.29, 1.82) is 0 Å². The van der Waals surface area contributed by atoms with E-state index in [1.165, 1.54) is 30.6 Å². The summed E-state index contributed by atoms with van der Waals surface area (Å²) in [5.74, 6) is 1.35. The Morgan fingerprint density at radius 3 is 2.31 bits per heavy atom. The van der Waals surface area contributed by atoms with E-state index in [4.69, 9.17) is 0 Å². The Kier molecular flexibility index (Phi) is 9.99. The zero-order valence-corrected chi connectivity index (χ0v) is 18.3. The molecule has 26 heavy (non-hydrogen) atoms. The molecule has 2 rings (SSSR count). The molecule has 0 aromatic heterocycles. The molecule has 0 aromatic carbocycles. The Morgan fingerprint density at radius 2 is 1.85 bits per heavy atom. The summed E-state index contributed by atoms with van der Waals surface area (Å²) in [6.45, 7) is 4.38. The van der Waals surface area contributed by atoms with E-state index in [2.05, 4.69) is 22.5 Å². The minimum atomic E-state index is -4.08. The molecular formula is C18H34F3IN4. The average Bonchev–Trinajstić information content (AvgIpc) is 2.52. The summed E-state index contributed by atoms with van der Waals surface area (Å²) in [5.41, 5.74) is 0.447. The van der Waals surface area contributed by atoms with E-state index in [0.717, 1.165) is 38.3 Å². The van der Waals surface area contributed by atoms with Gasteiger partial charge < -0.3 is 10.6 Å². The average molecular weight is 490 g/mol. The molecule has 2 N–H and O–H groups in total. The topological polar surface area (TPSA) is 39.7 Å². The molecule has 0 unspecified atom stereocenters. The van der Waals surface area contributed by atoms with Crippen LogP contribution >= 0.6 is 24.0 Å². The van der Waals surface area contributed by atoms with Crippen LogP contribution in [0.1, 0.15) is 51.9 Å². The van der Waals surface area contributed by atoms with Gasteiger partial charge in [-0.1, -0.05) is 13.3 Å². The third-order valence-electron chi connectivity index (χ3n) is 5.97. The summed E-state index contributed by atoms with van der Waals surface area (Å²) in [5, 5.41) is 6.80. The van der Waals surface area contributed by atoms with E-state index in [-0.39, 0.29) is 24.0 Å². The molecule has 1 saturated carbocycles. The fourth-order valence-corrected chi connectivity index (χ4v) is 3.91. The molecule has 0 atom stereocenters. The molecule has 0 spiro atoms. The maximum Gasteiger partial charge on any atom is 0.401 e. The number of hydrogen-bond donors (Lipinski definition) is 2. The first-order chi connectivity index (χ1) is 11.9. The summed E-state index contributed by atoms with van der Waals surface area (Å²) in [4.78, 5) is 5.80. The number of hydrogen-bond acceptors (Lipinski definition) is 2. The van der Waals surface area contributed by atoms with Crippen molar-refractivity contribution in [2.45, 2.75) is 58.0 Å². The van der Waals surface area contributed by atoms with E-state index in [1.807, 2.05) is 0 Å². The molecule has 1 aliphatic carbocycles. The van der Waals surface area contributed by atoms with Crippen LogP contribution in [0.5, 0.6) is 0 Å². The maximum atomic E-state index is 12.4. The van der Waals surface area contributed by atoms with Crippen molar-refractivity contribution in [3.8, 4) is 0 Å². The predicted octanol–water partition coefficient (Wildman–Crippen LogP) is 4.01. The highest BCUT2D eigenvalue weighted by molar-refractivity contribution is 14.0. The van der Waals surface area contributed by atoms with Crippen LogP contribution < -0.4 is 10.6 Å². The first kappa shape index (κ1) is 23.8. The van der Waals surface area contributed by atoms with Crippen molar-refractivity contribution < 1.29 is 13.2 Å². The first-order valence-electron chi connectivity index (χ1n) is 9.59. The van der Waals surface area contributed by atoms with Crippen LogP contribution in [0.25, 0.3) is 0 Å². The quantitative estimate of drug-likeness (QED) is 0.322. The summed E-state index contributed by atoms with van der Waals surface area (Å²) in [6, 6.07) is 0. The Bertz CT molecular complexity index is 425. The van der Waals surface area contributed by atoms with Gasteiger partial charge in [-0.2, -0.15) is 13.2 Å². The molecule has 2 aliphatic rings. The van der Waals surface area contributed by atoms with Crippen molar-refractivity contribution in [2.75, 3.05) is 39.8 Å². The number of guanidine groups is 1. The second-order valence-corrected chi connectivity index (χ2v) is 7.68. The van der Waals surface area contributed by atoms with Gasteiger partial charge in [0, 0.05) is 20.1 Å². The number of rotatable bonds is 7. The molecule has 0 radical (unpaired) electrons. The second kappa shape index (κ2) is 10.9. The normalized spacial score (nSPS) is 21.7. The van der Waals surface area contributed by atoms with E-state index in [1.54, 1.807) is 7.05 Å². The Morgan fingerprint density at radius 1 is 1.19 bits per heavy atom. The van der Waals surface area contributed by atoms with Crippen LogP contribution in [0.2, 0.25) is 0 Å². The standard InChI is InChI=1S/C18H33F3N4.HI/c1-3-17(8-4-9-17)13-24-16(22-2)23-10-5-15-6-11-25(12-7-15)14-18(19,20)21;/h15H,3-14H2,1-2H3,(H2,22,23,24);1H. The van der Waals surface area contributed by atoms with Crippen LogP contribution in [0.3, 0.4) is 0 Å². The molecule has 1 saturated heterocycles. The molecule has 0 aromatic rings. The summed E-state index contributed by atoms with van der Waals surface area (Å²) >= 11 is 0. The van der Waals surface area contributed by atoms with Crippen LogP contribution in [0.4, 0.5) is 13.2 Å². The van der Waals surface area contributed by atoms with Crippen molar-refractivity contribution in [1.82, 2.24) is 15.5 Å². The Balaban J connectivity index is 0.00000338. The van der Waals surface area contributed by atoms with Gasteiger partial charge in [-0.05, 0) is 62.9 Å². The molecule has 154 valence electrons. The molecule has 0 bridgehead atoms. The number of likely N-dealkylation sites (tertiary alicyclic amines) is 1. The fraction of sp³-hybridized carbons (Fsp3) is 0.944. The van der Waals surface area contributed by atoms with Crippen LogP contribution in [-0.4, -0.2) is 56.8 Å². The zero-order chi connectivity index (χ0) is 18.3. The van der Waals surface area contributed by atoms with E-state index >= 15 is 0 Å². The number of nitrogens with one attached hydrogen (secondary N) is 2. The molecule has 8 heteroatoms. The van der Waals surface area contributed by atoms with Crippen molar-refractivity contribution in [3.05, 3.63) is 0 Å². The van der Waals surface area contributed by atoms with Gasteiger partial charge in [-0.3, -0.25) is 9.89 Å². The maximum absolute atomic E-state index is 12.4. The number of aliphatic imine (C=N–C) groups is 1. The van der Waals surface area contributed by atoms with E-state index < -0.39 is 12.7 Å². The lowest BCUT2D eigenvalue weighted by atomic mass is 9.67. The third-order valence-corrected chi connectivity index (χ3v) is 5.97. The molecule has 4 nitrogen and oxygen atoms in total. The van der Waals surface area contributed by atoms with Crippen LogP contribution in [0, 0.1) is 11.3 Å². The molecule has 0 amide bonds. The second-order valence-electron chi connectivity index (χ2n) is 7.68. The summed E-state index contributed by atoms with van der Waals surface area (Å²) in [6.07, 6.45) is 3.73. The van der Waals surface area contributed by atoms with Crippen molar-refractivity contribution >= 4 is 29.9 Å². The van der Waals surface area contributed by atoms with Crippen LogP contribution in [0.15, 0.2) is 4.99 Å². The van der Waals surface area contributed by atoms with Crippen molar-refractivity contribution in [3.63, 3.8) is 0 Å². The smallest absolute Gasteiger partial charge is 0.356 e. The van der Waals surface area contributed by atoms with E-state index in [9.17, 15) is 13.2 Å². The third kappa shape index (κ3) is 7.78. The van der Waals surface area contributed by atoms with Gasteiger partial charge in [0.15, 0.2) is 5.96 Å². The lowest BCUT2D eigenvalue weighted by Crippen LogP contribution is -2.46. The predicted molar refractivity (Wildman–Crippen MR) is 111 cm³/mol. The van der Waals surface area contributed by atoms with Gasteiger partial charge in [-0.15, -0.1) is 24.0 Å². The molecular weight excluding hydrogens is 456 g/mol. The summed E-state index contributed by atoms with van der Waals surface area (Å²) in [7, 11) is 1.78. The molecule has 2 fully saturated rings. The van der Waals surface area contributed by atoms with Gasteiger partial charge in [0.05, 0.1) is 6.54 Å². The summed E-state index contributed by atoms with van der Waals surface area (Å²) < 4.78 is 37.2. The van der Waals surface area contributed by atoms with Gasteiger partial charge in [0.1, 0.15) is 0 Å². The van der Waals surface area contributed by atoms with Gasteiger partial charge in [0.2, 0.25) is 0 Å². The number of nitrogens with zero attached hydrogens (tertiary/aromatic N) is 2. The number of alkyl halides is 3. The molecule has 1 heterocycles. The minimum Gasteiger partial charge on any atom is -0.356 e. The molecule has 1 aliphatic heterocycles. The first-order valence-corrected chi connectivity index (χ1v) is 9.59. The highest BCUT2D eigenvalue weighted by Gasteiger charge is 2.35.